The normalized spacial score (nSPS) is 18.2. The molecule has 1 atom stereocenters. The fraction of sp³-hybridized carbons (Fsp3) is 0.412. The number of carbonyl (C=O) groups is 1. The fourth-order valence-electron chi connectivity index (χ4n) is 2.80. The van der Waals surface area contributed by atoms with E-state index in [2.05, 4.69) is 5.16 Å². The molecule has 0 bridgehead atoms. The molecule has 0 spiro atoms. The highest BCUT2D eigenvalue weighted by atomic mass is 35.5. The van der Waals surface area contributed by atoms with Gasteiger partial charge in [0, 0.05) is 11.6 Å². The molecule has 122 valence electrons. The molecular formula is C17H19ClN2O3. The Morgan fingerprint density at radius 2 is 2.13 bits per heavy atom. The molecule has 2 aromatic rings. The molecule has 5 nitrogen and oxygen atoms in total. The van der Waals surface area contributed by atoms with Crippen LogP contribution in [0, 0.1) is 6.92 Å². The minimum Gasteiger partial charge on any atom is -0.370 e. The highest BCUT2D eigenvalue weighted by Crippen LogP contribution is 2.26. The highest BCUT2D eigenvalue weighted by Gasteiger charge is 2.29. The molecule has 3 rings (SSSR count). The molecular weight excluding hydrogens is 316 g/mol. The summed E-state index contributed by atoms with van der Waals surface area (Å²) in [6.45, 7) is 5.32. The maximum absolute atomic E-state index is 12.8. The first-order valence-corrected chi connectivity index (χ1v) is 8.09. The maximum Gasteiger partial charge on any atom is 0.259 e. The standard InChI is InChI=1S/C17H19ClN2O3/c1-3-14-16(11(2)23-19-14)17(21)20-8-9-22-15(10-20)12-4-6-13(18)7-5-12/h4-7,15H,3,8-10H2,1-2H3. The van der Waals surface area contributed by atoms with Gasteiger partial charge < -0.3 is 14.2 Å². The maximum atomic E-state index is 12.8. The number of ether oxygens (including phenoxy) is 1. The van der Waals surface area contributed by atoms with Gasteiger partial charge in [0.25, 0.3) is 5.91 Å². The SMILES string of the molecule is CCc1noc(C)c1C(=O)N1CCOC(c2ccc(Cl)cc2)C1. The van der Waals surface area contributed by atoms with Crippen LogP contribution in [-0.4, -0.2) is 35.7 Å². The minimum atomic E-state index is -0.143. The van der Waals surface area contributed by atoms with Gasteiger partial charge in [-0.05, 0) is 31.0 Å². The van der Waals surface area contributed by atoms with E-state index in [4.69, 9.17) is 20.9 Å². The van der Waals surface area contributed by atoms with Crippen molar-refractivity contribution < 1.29 is 14.1 Å². The summed E-state index contributed by atoms with van der Waals surface area (Å²) in [6.07, 6.45) is 0.527. The minimum absolute atomic E-state index is 0.0390. The lowest BCUT2D eigenvalue weighted by molar-refractivity contribution is -0.0229. The second-order valence-corrected chi connectivity index (χ2v) is 6.01. The number of rotatable bonds is 3. The first-order valence-electron chi connectivity index (χ1n) is 7.71. The van der Waals surface area contributed by atoms with Crippen molar-refractivity contribution in [1.82, 2.24) is 10.1 Å². The van der Waals surface area contributed by atoms with E-state index >= 15 is 0 Å². The Hall–Kier alpha value is -1.85. The highest BCUT2D eigenvalue weighted by molar-refractivity contribution is 6.30. The van der Waals surface area contributed by atoms with Crippen LogP contribution < -0.4 is 0 Å². The molecule has 0 radical (unpaired) electrons. The monoisotopic (exact) mass is 334 g/mol. The van der Waals surface area contributed by atoms with E-state index in [1.807, 2.05) is 36.1 Å². The van der Waals surface area contributed by atoms with Crippen LogP contribution in [-0.2, 0) is 11.2 Å². The number of carbonyl (C=O) groups excluding carboxylic acids is 1. The molecule has 1 fully saturated rings. The topological polar surface area (TPSA) is 55.6 Å². The summed E-state index contributed by atoms with van der Waals surface area (Å²) < 4.78 is 11.0. The molecule has 1 amide bonds. The Bertz CT molecular complexity index is 696. The quantitative estimate of drug-likeness (QED) is 0.863. The van der Waals surface area contributed by atoms with Crippen molar-refractivity contribution in [3.8, 4) is 0 Å². The predicted molar refractivity (Wildman–Crippen MR) is 86.7 cm³/mol. The molecule has 1 aromatic carbocycles. The lowest BCUT2D eigenvalue weighted by atomic mass is 10.1. The summed E-state index contributed by atoms with van der Waals surface area (Å²) in [7, 11) is 0. The average Bonchev–Trinajstić information content (AvgIpc) is 2.95. The van der Waals surface area contributed by atoms with E-state index in [9.17, 15) is 4.79 Å². The van der Waals surface area contributed by atoms with Crippen LogP contribution in [0.4, 0.5) is 0 Å². The van der Waals surface area contributed by atoms with Crippen molar-refractivity contribution in [3.63, 3.8) is 0 Å². The second kappa shape index (κ2) is 6.72. The van der Waals surface area contributed by atoms with Crippen LogP contribution >= 0.6 is 11.6 Å². The fourth-order valence-corrected chi connectivity index (χ4v) is 2.93. The number of hydrogen-bond acceptors (Lipinski definition) is 4. The van der Waals surface area contributed by atoms with Gasteiger partial charge in [-0.25, -0.2) is 0 Å². The van der Waals surface area contributed by atoms with Gasteiger partial charge in [-0.15, -0.1) is 0 Å². The van der Waals surface area contributed by atoms with Crippen LogP contribution in [0.2, 0.25) is 5.02 Å². The molecule has 0 aliphatic carbocycles. The zero-order valence-corrected chi connectivity index (χ0v) is 14.0. The van der Waals surface area contributed by atoms with Crippen LogP contribution in [0.25, 0.3) is 0 Å². The number of halogens is 1. The molecule has 0 N–H and O–H groups in total. The number of amides is 1. The van der Waals surface area contributed by atoms with Gasteiger partial charge in [-0.2, -0.15) is 0 Å². The van der Waals surface area contributed by atoms with Crippen molar-refractivity contribution in [2.75, 3.05) is 19.7 Å². The molecule has 1 unspecified atom stereocenters. The third kappa shape index (κ3) is 3.26. The predicted octanol–water partition coefficient (Wildman–Crippen LogP) is 3.41. The molecule has 2 heterocycles. The number of benzene rings is 1. The summed E-state index contributed by atoms with van der Waals surface area (Å²) >= 11 is 5.93. The first-order chi connectivity index (χ1) is 11.1. The van der Waals surface area contributed by atoms with E-state index in [0.717, 1.165) is 5.56 Å². The number of aromatic nitrogens is 1. The third-order valence-electron chi connectivity index (χ3n) is 4.08. The second-order valence-electron chi connectivity index (χ2n) is 5.58. The number of aryl methyl sites for hydroxylation is 2. The summed E-state index contributed by atoms with van der Waals surface area (Å²) in [4.78, 5) is 14.6. The zero-order chi connectivity index (χ0) is 16.4. The van der Waals surface area contributed by atoms with Crippen molar-refractivity contribution >= 4 is 17.5 Å². The van der Waals surface area contributed by atoms with E-state index in [-0.39, 0.29) is 12.0 Å². The summed E-state index contributed by atoms with van der Waals surface area (Å²) in [6, 6.07) is 7.53. The van der Waals surface area contributed by atoms with E-state index in [1.165, 1.54) is 0 Å². The summed E-state index contributed by atoms with van der Waals surface area (Å²) in [5, 5.41) is 4.65. The molecule has 1 saturated heterocycles. The lowest BCUT2D eigenvalue weighted by Crippen LogP contribution is -2.42. The van der Waals surface area contributed by atoms with E-state index in [1.54, 1.807) is 6.92 Å². The van der Waals surface area contributed by atoms with Gasteiger partial charge in [0.2, 0.25) is 0 Å². The Balaban J connectivity index is 1.79. The number of hydrogen-bond donors (Lipinski definition) is 0. The number of nitrogens with zero attached hydrogens (tertiary/aromatic N) is 2. The lowest BCUT2D eigenvalue weighted by Gasteiger charge is -2.33. The van der Waals surface area contributed by atoms with Gasteiger partial charge >= 0.3 is 0 Å². The molecule has 1 aromatic heterocycles. The smallest absolute Gasteiger partial charge is 0.259 e. The van der Waals surface area contributed by atoms with Crippen LogP contribution in [0.3, 0.4) is 0 Å². The third-order valence-corrected chi connectivity index (χ3v) is 4.33. The molecule has 0 saturated carbocycles. The molecule has 6 heteroatoms. The Labute approximate surface area is 140 Å². The Kier molecular flexibility index (Phi) is 4.68. The van der Waals surface area contributed by atoms with Gasteiger partial charge in [0.15, 0.2) is 0 Å². The van der Waals surface area contributed by atoms with Crippen molar-refractivity contribution in [2.24, 2.45) is 0 Å². The Morgan fingerprint density at radius 1 is 1.39 bits per heavy atom. The van der Waals surface area contributed by atoms with Gasteiger partial charge in [0.05, 0.1) is 18.8 Å². The summed E-state index contributed by atoms with van der Waals surface area (Å²) in [5.74, 6) is 0.532. The first kappa shape index (κ1) is 16.0. The van der Waals surface area contributed by atoms with Crippen molar-refractivity contribution in [2.45, 2.75) is 26.4 Å². The Morgan fingerprint density at radius 3 is 2.83 bits per heavy atom. The zero-order valence-electron chi connectivity index (χ0n) is 13.2. The van der Waals surface area contributed by atoms with Gasteiger partial charge in [0.1, 0.15) is 17.4 Å². The average molecular weight is 335 g/mol. The largest absolute Gasteiger partial charge is 0.370 e. The van der Waals surface area contributed by atoms with Gasteiger partial charge in [-0.1, -0.05) is 35.8 Å². The van der Waals surface area contributed by atoms with Gasteiger partial charge in [-0.3, -0.25) is 4.79 Å². The van der Waals surface area contributed by atoms with Crippen LogP contribution in [0.15, 0.2) is 28.8 Å². The van der Waals surface area contributed by atoms with E-state index < -0.39 is 0 Å². The number of morpholine rings is 1. The van der Waals surface area contributed by atoms with Crippen molar-refractivity contribution in [1.29, 1.82) is 0 Å². The molecule has 1 aliphatic heterocycles. The summed E-state index contributed by atoms with van der Waals surface area (Å²) in [5.41, 5.74) is 2.32. The molecule has 1 aliphatic rings. The van der Waals surface area contributed by atoms with E-state index in [0.29, 0.717) is 48.2 Å². The van der Waals surface area contributed by atoms with Crippen LogP contribution in [0.1, 0.15) is 40.4 Å². The molecule has 23 heavy (non-hydrogen) atoms. The van der Waals surface area contributed by atoms with Crippen LogP contribution in [0.5, 0.6) is 0 Å². The van der Waals surface area contributed by atoms with Crippen molar-refractivity contribution in [3.05, 3.63) is 51.9 Å².